The lowest BCUT2D eigenvalue weighted by atomic mass is 10.1. The molecule has 0 saturated heterocycles. The van der Waals surface area contributed by atoms with Gasteiger partial charge in [-0.3, -0.25) is 5.41 Å². The highest BCUT2D eigenvalue weighted by atomic mass is 32.2. The van der Waals surface area contributed by atoms with Gasteiger partial charge in [-0.1, -0.05) is 19.9 Å². The molecular formula is C14H23N3O2S. The number of sulfonamides is 1. The van der Waals surface area contributed by atoms with Crippen molar-refractivity contribution < 1.29 is 8.42 Å². The molecule has 0 aromatic heterocycles. The first-order valence-corrected chi connectivity index (χ1v) is 8.05. The molecule has 1 atom stereocenters. The minimum atomic E-state index is -3.54. The van der Waals surface area contributed by atoms with E-state index in [9.17, 15) is 8.42 Å². The Labute approximate surface area is 121 Å². The fourth-order valence-electron chi connectivity index (χ4n) is 1.82. The largest absolute Gasteiger partial charge is 0.387 e. The van der Waals surface area contributed by atoms with E-state index >= 15 is 0 Å². The lowest BCUT2D eigenvalue weighted by molar-refractivity contribution is 0.403. The first-order chi connectivity index (χ1) is 9.20. The first kappa shape index (κ1) is 16.7. The summed E-state index contributed by atoms with van der Waals surface area (Å²) in [6.07, 6.45) is 0. The molecular weight excluding hydrogens is 274 g/mol. The van der Waals surface area contributed by atoms with Gasteiger partial charge < -0.3 is 5.73 Å². The van der Waals surface area contributed by atoms with Crippen molar-refractivity contribution in [3.05, 3.63) is 29.3 Å². The van der Waals surface area contributed by atoms with Crippen LogP contribution in [0.5, 0.6) is 0 Å². The fourth-order valence-corrected chi connectivity index (χ4v) is 3.45. The average molecular weight is 297 g/mol. The van der Waals surface area contributed by atoms with E-state index in [1.165, 1.54) is 4.31 Å². The molecule has 0 amide bonds. The summed E-state index contributed by atoms with van der Waals surface area (Å²) in [5.41, 5.74) is 7.43. The Morgan fingerprint density at radius 2 is 1.95 bits per heavy atom. The molecule has 0 aliphatic carbocycles. The van der Waals surface area contributed by atoms with Crippen LogP contribution in [0.1, 0.15) is 25.0 Å². The number of nitrogens with zero attached hydrogens (tertiary/aromatic N) is 1. The van der Waals surface area contributed by atoms with Crippen LogP contribution >= 0.6 is 0 Å². The van der Waals surface area contributed by atoms with Crippen LogP contribution in [0.2, 0.25) is 0 Å². The quantitative estimate of drug-likeness (QED) is 0.621. The number of benzene rings is 1. The van der Waals surface area contributed by atoms with Gasteiger partial charge in [0.15, 0.2) is 0 Å². The molecule has 0 fully saturated rings. The minimum Gasteiger partial charge on any atom is -0.387 e. The van der Waals surface area contributed by atoms with Gasteiger partial charge in [0.05, 0.1) is 10.7 Å². The van der Waals surface area contributed by atoms with Crippen LogP contribution in [-0.2, 0) is 10.0 Å². The number of hydrogen-bond acceptors (Lipinski definition) is 3. The van der Waals surface area contributed by atoms with E-state index in [0.717, 1.165) is 11.1 Å². The van der Waals surface area contributed by atoms with Crippen LogP contribution in [-0.4, -0.2) is 31.6 Å². The molecule has 112 valence electrons. The van der Waals surface area contributed by atoms with Crippen LogP contribution in [0.4, 0.5) is 0 Å². The number of hydrogen-bond donors (Lipinski definition) is 2. The van der Waals surface area contributed by atoms with Gasteiger partial charge in [0, 0.05) is 19.0 Å². The maximum absolute atomic E-state index is 12.6. The molecule has 1 unspecified atom stereocenters. The normalized spacial score (nSPS) is 13.4. The predicted octanol–water partition coefficient (Wildman–Crippen LogP) is 1.89. The summed E-state index contributed by atoms with van der Waals surface area (Å²) >= 11 is 0. The summed E-state index contributed by atoms with van der Waals surface area (Å²) in [6, 6.07) is 5.12. The highest BCUT2D eigenvalue weighted by Crippen LogP contribution is 2.20. The van der Waals surface area contributed by atoms with Crippen molar-refractivity contribution in [1.82, 2.24) is 4.31 Å². The Hall–Kier alpha value is -1.40. The van der Waals surface area contributed by atoms with Crippen molar-refractivity contribution >= 4 is 15.9 Å². The van der Waals surface area contributed by atoms with Gasteiger partial charge in [-0.05, 0) is 37.1 Å². The van der Waals surface area contributed by atoms with Gasteiger partial charge in [-0.2, -0.15) is 4.31 Å². The lowest BCUT2D eigenvalue weighted by Gasteiger charge is -2.23. The van der Waals surface area contributed by atoms with Gasteiger partial charge in [-0.25, -0.2) is 8.42 Å². The highest BCUT2D eigenvalue weighted by Gasteiger charge is 2.25. The van der Waals surface area contributed by atoms with Crippen LogP contribution < -0.4 is 5.73 Å². The van der Waals surface area contributed by atoms with Gasteiger partial charge in [0.1, 0.15) is 0 Å². The van der Waals surface area contributed by atoms with Gasteiger partial charge in [0.25, 0.3) is 0 Å². The minimum absolute atomic E-state index is 0.00117. The standard InChI is InChI=1S/C14H23N3O2S/c1-5-17(9-12(4)14(15)16)20(18,19)13-7-6-10(2)11(3)8-13/h6-8,12H,5,9H2,1-4H3,(H3,15,16). The highest BCUT2D eigenvalue weighted by molar-refractivity contribution is 7.89. The molecule has 5 nitrogen and oxygen atoms in total. The maximum Gasteiger partial charge on any atom is 0.243 e. The summed E-state index contributed by atoms with van der Waals surface area (Å²) in [4.78, 5) is 0.290. The summed E-state index contributed by atoms with van der Waals surface area (Å²) in [5, 5.41) is 7.40. The third kappa shape index (κ3) is 3.58. The molecule has 0 spiro atoms. The van der Waals surface area contributed by atoms with Gasteiger partial charge in [-0.15, -0.1) is 0 Å². The van der Waals surface area contributed by atoms with E-state index in [1.54, 1.807) is 26.0 Å². The second-order valence-corrected chi connectivity index (χ2v) is 7.00. The molecule has 6 heteroatoms. The van der Waals surface area contributed by atoms with Crippen LogP contribution in [0, 0.1) is 25.2 Å². The smallest absolute Gasteiger partial charge is 0.243 e. The Bertz CT molecular complexity index is 596. The Balaban J connectivity index is 3.11. The number of nitrogens with two attached hydrogens (primary N) is 1. The second kappa shape index (κ2) is 6.37. The fraction of sp³-hybridized carbons (Fsp3) is 0.500. The predicted molar refractivity (Wildman–Crippen MR) is 81.4 cm³/mol. The molecule has 0 heterocycles. The molecule has 0 aliphatic rings. The van der Waals surface area contributed by atoms with Crippen molar-refractivity contribution in [2.24, 2.45) is 11.7 Å². The zero-order valence-corrected chi connectivity index (χ0v) is 13.3. The Morgan fingerprint density at radius 3 is 2.40 bits per heavy atom. The van der Waals surface area contributed by atoms with E-state index in [-0.39, 0.29) is 18.3 Å². The van der Waals surface area contributed by atoms with E-state index < -0.39 is 10.0 Å². The first-order valence-electron chi connectivity index (χ1n) is 6.61. The van der Waals surface area contributed by atoms with Crippen LogP contribution in [0.15, 0.2) is 23.1 Å². The Morgan fingerprint density at radius 1 is 1.35 bits per heavy atom. The molecule has 0 radical (unpaired) electrons. The van der Waals surface area contributed by atoms with Crippen LogP contribution in [0.3, 0.4) is 0 Å². The van der Waals surface area contributed by atoms with Crippen molar-refractivity contribution in [2.75, 3.05) is 13.1 Å². The Kier molecular flexibility index (Phi) is 5.30. The molecule has 1 aromatic rings. The topological polar surface area (TPSA) is 87.2 Å². The number of nitrogens with one attached hydrogen (secondary N) is 1. The molecule has 0 saturated carbocycles. The van der Waals surface area contributed by atoms with Crippen molar-refractivity contribution in [2.45, 2.75) is 32.6 Å². The van der Waals surface area contributed by atoms with Crippen molar-refractivity contribution in [1.29, 1.82) is 5.41 Å². The van der Waals surface area contributed by atoms with E-state index in [0.29, 0.717) is 11.4 Å². The average Bonchev–Trinajstić information content (AvgIpc) is 2.38. The number of amidine groups is 1. The third-order valence-electron chi connectivity index (χ3n) is 3.48. The summed E-state index contributed by atoms with van der Waals surface area (Å²) in [5.74, 6) is -0.296. The van der Waals surface area contributed by atoms with Gasteiger partial charge >= 0.3 is 0 Å². The SMILES string of the molecule is CCN(CC(C)C(=N)N)S(=O)(=O)c1ccc(C)c(C)c1. The molecule has 0 bridgehead atoms. The molecule has 20 heavy (non-hydrogen) atoms. The molecule has 3 N–H and O–H groups in total. The second-order valence-electron chi connectivity index (χ2n) is 5.06. The molecule has 1 aromatic carbocycles. The molecule has 1 rings (SSSR count). The zero-order chi connectivity index (χ0) is 15.5. The van der Waals surface area contributed by atoms with E-state index in [1.807, 2.05) is 19.9 Å². The zero-order valence-electron chi connectivity index (χ0n) is 12.5. The van der Waals surface area contributed by atoms with Gasteiger partial charge in [0.2, 0.25) is 10.0 Å². The lowest BCUT2D eigenvalue weighted by Crippen LogP contribution is -2.38. The van der Waals surface area contributed by atoms with Crippen molar-refractivity contribution in [3.8, 4) is 0 Å². The van der Waals surface area contributed by atoms with E-state index in [4.69, 9.17) is 11.1 Å². The third-order valence-corrected chi connectivity index (χ3v) is 5.41. The van der Waals surface area contributed by atoms with Crippen LogP contribution in [0.25, 0.3) is 0 Å². The maximum atomic E-state index is 12.6. The summed E-state index contributed by atoms with van der Waals surface area (Å²) < 4.78 is 26.6. The monoisotopic (exact) mass is 297 g/mol. The molecule has 0 aliphatic heterocycles. The number of rotatable bonds is 6. The van der Waals surface area contributed by atoms with E-state index in [2.05, 4.69) is 0 Å². The summed E-state index contributed by atoms with van der Waals surface area (Å²) in [6.45, 7) is 7.95. The van der Waals surface area contributed by atoms with Crippen molar-refractivity contribution in [3.63, 3.8) is 0 Å². The number of aryl methyl sites for hydroxylation is 2. The summed E-state index contributed by atoms with van der Waals surface area (Å²) in [7, 11) is -3.54.